The summed E-state index contributed by atoms with van der Waals surface area (Å²) < 4.78 is 0. The standard InChI is InChI=1S/C21H28N4OS.HI/c1-3-22-21(24(2)13-17-10-12-27-16-17)23-11-6-9-20(26)25-14-18-7-4-5-8-19(18)15-25;/h4-5,7-8,10,12,16H,3,6,9,11,13-15H2,1-2H3,(H,22,23);1H. The van der Waals surface area contributed by atoms with Crippen molar-refractivity contribution in [3.63, 3.8) is 0 Å². The Morgan fingerprint density at radius 3 is 2.57 bits per heavy atom. The molecule has 5 nitrogen and oxygen atoms in total. The molecule has 28 heavy (non-hydrogen) atoms. The number of nitrogens with zero attached hydrogens (tertiary/aromatic N) is 3. The maximum atomic E-state index is 12.5. The van der Waals surface area contributed by atoms with Gasteiger partial charge in [-0.05, 0) is 46.9 Å². The summed E-state index contributed by atoms with van der Waals surface area (Å²) >= 11 is 1.71. The molecule has 0 fully saturated rings. The summed E-state index contributed by atoms with van der Waals surface area (Å²) in [6.07, 6.45) is 1.32. The number of guanidine groups is 1. The lowest BCUT2D eigenvalue weighted by Crippen LogP contribution is -2.38. The van der Waals surface area contributed by atoms with E-state index in [1.165, 1.54) is 16.7 Å². The third kappa shape index (κ3) is 6.20. The van der Waals surface area contributed by atoms with E-state index in [1.807, 2.05) is 24.1 Å². The highest BCUT2D eigenvalue weighted by atomic mass is 127. The highest BCUT2D eigenvalue weighted by Gasteiger charge is 2.22. The average Bonchev–Trinajstić information content (AvgIpc) is 3.33. The van der Waals surface area contributed by atoms with E-state index in [-0.39, 0.29) is 29.9 Å². The Bertz CT molecular complexity index is 753. The number of carbonyl (C=O) groups is 1. The van der Waals surface area contributed by atoms with Gasteiger partial charge in [0.25, 0.3) is 0 Å². The van der Waals surface area contributed by atoms with E-state index < -0.39 is 0 Å². The normalized spacial score (nSPS) is 13.1. The van der Waals surface area contributed by atoms with Gasteiger partial charge in [-0.15, -0.1) is 24.0 Å². The SMILES string of the molecule is CCNC(=NCCCC(=O)N1Cc2ccccc2C1)N(C)Cc1ccsc1.I. The van der Waals surface area contributed by atoms with E-state index >= 15 is 0 Å². The zero-order valence-electron chi connectivity index (χ0n) is 16.6. The van der Waals surface area contributed by atoms with Crippen LogP contribution in [0, 0.1) is 0 Å². The van der Waals surface area contributed by atoms with Crippen LogP contribution >= 0.6 is 35.3 Å². The van der Waals surface area contributed by atoms with Crippen LogP contribution in [0.1, 0.15) is 36.5 Å². The lowest BCUT2D eigenvalue weighted by molar-refractivity contribution is -0.131. The van der Waals surface area contributed by atoms with Crippen LogP contribution in [0.15, 0.2) is 46.1 Å². The van der Waals surface area contributed by atoms with Gasteiger partial charge in [0.1, 0.15) is 0 Å². The lowest BCUT2D eigenvalue weighted by atomic mass is 10.1. The number of benzene rings is 1. The minimum absolute atomic E-state index is 0. The molecule has 1 aromatic heterocycles. The van der Waals surface area contributed by atoms with Crippen molar-refractivity contribution < 1.29 is 4.79 Å². The Labute approximate surface area is 188 Å². The molecule has 0 aliphatic carbocycles. The molecule has 1 aromatic carbocycles. The second kappa shape index (κ2) is 11.4. The van der Waals surface area contributed by atoms with E-state index in [9.17, 15) is 4.79 Å². The van der Waals surface area contributed by atoms with Crippen molar-refractivity contribution in [2.75, 3.05) is 20.1 Å². The van der Waals surface area contributed by atoms with Gasteiger partial charge in [-0.1, -0.05) is 24.3 Å². The van der Waals surface area contributed by atoms with E-state index in [2.05, 4.69) is 46.1 Å². The van der Waals surface area contributed by atoms with Crippen molar-refractivity contribution in [2.45, 2.75) is 39.4 Å². The van der Waals surface area contributed by atoms with E-state index in [0.717, 1.165) is 38.6 Å². The van der Waals surface area contributed by atoms with Crippen LogP contribution in [-0.2, 0) is 24.4 Å². The maximum absolute atomic E-state index is 12.5. The van der Waals surface area contributed by atoms with Gasteiger partial charge in [-0.25, -0.2) is 0 Å². The molecule has 1 aliphatic rings. The largest absolute Gasteiger partial charge is 0.357 e. The van der Waals surface area contributed by atoms with Crippen LogP contribution in [0.4, 0.5) is 0 Å². The average molecular weight is 512 g/mol. The van der Waals surface area contributed by atoms with Crippen LogP contribution in [-0.4, -0.2) is 41.8 Å². The Kier molecular flexibility index (Phi) is 9.24. The predicted molar refractivity (Wildman–Crippen MR) is 127 cm³/mol. The van der Waals surface area contributed by atoms with Crippen LogP contribution in [0.2, 0.25) is 0 Å². The molecule has 0 atom stereocenters. The highest BCUT2D eigenvalue weighted by Crippen LogP contribution is 2.22. The number of halogens is 1. The van der Waals surface area contributed by atoms with Crippen molar-refractivity contribution in [1.82, 2.24) is 15.1 Å². The van der Waals surface area contributed by atoms with Gasteiger partial charge in [0, 0.05) is 46.2 Å². The molecule has 1 N–H and O–H groups in total. The van der Waals surface area contributed by atoms with Gasteiger partial charge < -0.3 is 15.1 Å². The fourth-order valence-corrected chi connectivity index (χ4v) is 3.94. The summed E-state index contributed by atoms with van der Waals surface area (Å²) in [6, 6.07) is 10.4. The van der Waals surface area contributed by atoms with Gasteiger partial charge in [-0.3, -0.25) is 9.79 Å². The second-order valence-electron chi connectivity index (χ2n) is 6.85. The molecule has 2 heterocycles. The molecule has 0 radical (unpaired) electrons. The summed E-state index contributed by atoms with van der Waals surface area (Å²) in [7, 11) is 2.05. The van der Waals surface area contributed by atoms with E-state index in [1.54, 1.807) is 11.3 Å². The Morgan fingerprint density at radius 1 is 1.25 bits per heavy atom. The predicted octanol–water partition coefficient (Wildman–Crippen LogP) is 4.09. The summed E-state index contributed by atoms with van der Waals surface area (Å²) in [5.41, 5.74) is 3.83. The summed E-state index contributed by atoms with van der Waals surface area (Å²) in [4.78, 5) is 21.3. The van der Waals surface area contributed by atoms with Crippen molar-refractivity contribution in [3.8, 4) is 0 Å². The number of aliphatic imine (C=N–C) groups is 1. The molecular weight excluding hydrogens is 483 g/mol. The van der Waals surface area contributed by atoms with Crippen LogP contribution in [0.3, 0.4) is 0 Å². The number of amides is 1. The third-order valence-electron chi connectivity index (χ3n) is 4.70. The highest BCUT2D eigenvalue weighted by molar-refractivity contribution is 14.0. The Morgan fingerprint density at radius 2 is 1.96 bits per heavy atom. The molecule has 7 heteroatoms. The molecule has 0 saturated carbocycles. The molecule has 0 unspecified atom stereocenters. The van der Waals surface area contributed by atoms with E-state index in [4.69, 9.17) is 4.99 Å². The first-order valence-electron chi connectivity index (χ1n) is 9.52. The van der Waals surface area contributed by atoms with Crippen LogP contribution < -0.4 is 5.32 Å². The molecule has 1 aliphatic heterocycles. The van der Waals surface area contributed by atoms with Gasteiger partial charge in [0.05, 0.1) is 0 Å². The number of thiophene rings is 1. The number of fused-ring (bicyclic) bond motifs is 1. The van der Waals surface area contributed by atoms with Gasteiger partial charge in [0.15, 0.2) is 5.96 Å². The number of hydrogen-bond donors (Lipinski definition) is 1. The molecule has 0 spiro atoms. The molecule has 152 valence electrons. The molecular formula is C21H29IN4OS. The van der Waals surface area contributed by atoms with Crippen molar-refractivity contribution >= 4 is 47.2 Å². The molecule has 0 saturated heterocycles. The Balaban J connectivity index is 0.00000280. The first-order chi connectivity index (χ1) is 13.2. The van der Waals surface area contributed by atoms with Gasteiger partial charge in [-0.2, -0.15) is 11.3 Å². The van der Waals surface area contributed by atoms with Crippen molar-refractivity contribution in [1.29, 1.82) is 0 Å². The smallest absolute Gasteiger partial charge is 0.223 e. The molecule has 1 amide bonds. The third-order valence-corrected chi connectivity index (χ3v) is 5.43. The fraction of sp³-hybridized carbons (Fsp3) is 0.429. The first-order valence-corrected chi connectivity index (χ1v) is 10.5. The van der Waals surface area contributed by atoms with Crippen LogP contribution in [0.5, 0.6) is 0 Å². The zero-order valence-corrected chi connectivity index (χ0v) is 19.7. The van der Waals surface area contributed by atoms with E-state index in [0.29, 0.717) is 13.0 Å². The Hall–Kier alpha value is -1.61. The maximum Gasteiger partial charge on any atom is 0.223 e. The number of rotatable bonds is 7. The minimum Gasteiger partial charge on any atom is -0.357 e. The monoisotopic (exact) mass is 512 g/mol. The zero-order chi connectivity index (χ0) is 19.1. The quantitative estimate of drug-likeness (QED) is 0.263. The molecule has 0 bridgehead atoms. The van der Waals surface area contributed by atoms with Crippen molar-refractivity contribution in [2.24, 2.45) is 4.99 Å². The van der Waals surface area contributed by atoms with Crippen LogP contribution in [0.25, 0.3) is 0 Å². The van der Waals surface area contributed by atoms with Gasteiger partial charge in [0.2, 0.25) is 5.91 Å². The topological polar surface area (TPSA) is 47.9 Å². The second-order valence-corrected chi connectivity index (χ2v) is 7.63. The summed E-state index contributed by atoms with van der Waals surface area (Å²) in [6.45, 7) is 5.87. The number of nitrogens with one attached hydrogen (secondary N) is 1. The fourth-order valence-electron chi connectivity index (χ4n) is 3.28. The molecule has 2 aromatic rings. The number of carbonyl (C=O) groups excluding carboxylic acids is 1. The van der Waals surface area contributed by atoms with Gasteiger partial charge >= 0.3 is 0 Å². The summed E-state index contributed by atoms with van der Waals surface area (Å²) in [5.74, 6) is 1.11. The number of hydrogen-bond acceptors (Lipinski definition) is 3. The summed E-state index contributed by atoms with van der Waals surface area (Å²) in [5, 5.41) is 7.59. The molecule has 3 rings (SSSR count). The lowest BCUT2D eigenvalue weighted by Gasteiger charge is -2.21. The first kappa shape index (κ1) is 22.7. The minimum atomic E-state index is 0. The van der Waals surface area contributed by atoms with Crippen molar-refractivity contribution in [3.05, 3.63) is 57.8 Å².